The fourth-order valence-electron chi connectivity index (χ4n) is 1.28. The second-order valence-corrected chi connectivity index (χ2v) is 3.55. The number of hydrogen-bond acceptors (Lipinski definition) is 3. The number of aliphatic carboxylic acids is 1. The van der Waals surface area contributed by atoms with Crippen molar-refractivity contribution in [1.29, 1.82) is 0 Å². The lowest BCUT2D eigenvalue weighted by atomic mass is 10.2. The summed E-state index contributed by atoms with van der Waals surface area (Å²) in [5.74, 6) is -0.250. The van der Waals surface area contributed by atoms with E-state index in [-0.39, 0.29) is 12.5 Å². The number of carboxylic acids is 1. The summed E-state index contributed by atoms with van der Waals surface area (Å²) in [4.78, 5) is 20.9. The maximum Gasteiger partial charge on any atom is 0.303 e. The second kappa shape index (κ2) is 5.90. The van der Waals surface area contributed by atoms with Gasteiger partial charge in [0.15, 0.2) is 0 Å². The van der Waals surface area contributed by atoms with E-state index in [0.717, 1.165) is 6.29 Å². The molecule has 0 fully saturated rings. The molecule has 0 saturated carbocycles. The third-order valence-corrected chi connectivity index (χ3v) is 2.10. The summed E-state index contributed by atoms with van der Waals surface area (Å²) in [7, 11) is 0. The van der Waals surface area contributed by atoms with Crippen LogP contribution in [0.4, 0.5) is 0 Å². The van der Waals surface area contributed by atoms with Crippen molar-refractivity contribution in [2.75, 3.05) is 0 Å². The molecule has 0 radical (unpaired) electrons. The predicted molar refractivity (Wildman–Crippen MR) is 58.8 cm³/mol. The molecule has 4 heteroatoms. The van der Waals surface area contributed by atoms with Crippen molar-refractivity contribution in [3.63, 3.8) is 0 Å². The molecule has 1 N–H and O–H groups in total. The van der Waals surface area contributed by atoms with Crippen LogP contribution in [0.3, 0.4) is 0 Å². The Labute approximate surface area is 93.9 Å². The molecule has 0 amide bonds. The fourth-order valence-corrected chi connectivity index (χ4v) is 1.28. The molecule has 1 atom stereocenters. The quantitative estimate of drug-likeness (QED) is 0.749. The van der Waals surface area contributed by atoms with Gasteiger partial charge in [-0.3, -0.25) is 9.59 Å². The van der Waals surface area contributed by atoms with Crippen LogP contribution in [-0.2, 0) is 4.79 Å². The van der Waals surface area contributed by atoms with Crippen LogP contribution in [0.25, 0.3) is 0 Å². The Balaban J connectivity index is 2.51. The van der Waals surface area contributed by atoms with Gasteiger partial charge in [0.2, 0.25) is 0 Å². The zero-order chi connectivity index (χ0) is 12.0. The third kappa shape index (κ3) is 4.13. The average molecular weight is 222 g/mol. The summed E-state index contributed by atoms with van der Waals surface area (Å²) in [6.45, 7) is 1.80. The monoisotopic (exact) mass is 222 g/mol. The van der Waals surface area contributed by atoms with Gasteiger partial charge in [-0.2, -0.15) is 0 Å². The third-order valence-electron chi connectivity index (χ3n) is 2.10. The van der Waals surface area contributed by atoms with Gasteiger partial charge < -0.3 is 9.84 Å². The van der Waals surface area contributed by atoms with Crippen LogP contribution in [0, 0.1) is 0 Å². The summed E-state index contributed by atoms with van der Waals surface area (Å²) >= 11 is 0. The number of carbonyl (C=O) groups excluding carboxylic acids is 1. The Morgan fingerprint density at radius 3 is 2.94 bits per heavy atom. The van der Waals surface area contributed by atoms with Crippen LogP contribution >= 0.6 is 0 Å². The van der Waals surface area contributed by atoms with Gasteiger partial charge in [0.25, 0.3) is 0 Å². The average Bonchev–Trinajstić information content (AvgIpc) is 2.26. The summed E-state index contributed by atoms with van der Waals surface area (Å²) in [5, 5.41) is 8.51. The molecule has 0 aliphatic heterocycles. The largest absolute Gasteiger partial charge is 0.491 e. The van der Waals surface area contributed by atoms with E-state index in [2.05, 4.69) is 0 Å². The van der Waals surface area contributed by atoms with Gasteiger partial charge in [-0.05, 0) is 25.5 Å². The van der Waals surface area contributed by atoms with Crippen molar-refractivity contribution in [2.24, 2.45) is 0 Å². The topological polar surface area (TPSA) is 63.6 Å². The van der Waals surface area contributed by atoms with Crippen molar-refractivity contribution in [1.82, 2.24) is 0 Å². The van der Waals surface area contributed by atoms with Crippen molar-refractivity contribution >= 4 is 12.3 Å². The smallest absolute Gasteiger partial charge is 0.303 e. The van der Waals surface area contributed by atoms with E-state index in [1.54, 1.807) is 31.2 Å². The zero-order valence-electron chi connectivity index (χ0n) is 9.05. The number of rotatable bonds is 6. The maximum absolute atomic E-state index is 10.5. The molecule has 0 spiro atoms. The van der Waals surface area contributed by atoms with Gasteiger partial charge in [0, 0.05) is 12.0 Å². The Morgan fingerprint density at radius 2 is 2.31 bits per heavy atom. The van der Waals surface area contributed by atoms with Crippen molar-refractivity contribution in [3.05, 3.63) is 29.8 Å². The summed E-state index contributed by atoms with van der Waals surface area (Å²) in [6.07, 6.45) is 1.09. The highest BCUT2D eigenvalue weighted by atomic mass is 16.5. The van der Waals surface area contributed by atoms with Gasteiger partial charge >= 0.3 is 5.97 Å². The standard InChI is InChI=1S/C12H14O4/c1-9(5-6-12(14)15)16-11-4-2-3-10(7-11)8-13/h2-4,7-9H,5-6H2,1H3,(H,14,15). The molecule has 1 unspecified atom stereocenters. The molecule has 1 rings (SSSR count). The Hall–Kier alpha value is -1.84. The number of carbonyl (C=O) groups is 2. The van der Waals surface area contributed by atoms with Gasteiger partial charge in [0.05, 0.1) is 6.10 Å². The minimum atomic E-state index is -0.836. The van der Waals surface area contributed by atoms with Crippen LogP contribution in [-0.4, -0.2) is 23.5 Å². The number of benzene rings is 1. The van der Waals surface area contributed by atoms with Crippen molar-refractivity contribution in [3.8, 4) is 5.75 Å². The van der Waals surface area contributed by atoms with E-state index in [4.69, 9.17) is 9.84 Å². The van der Waals surface area contributed by atoms with E-state index < -0.39 is 5.97 Å². The number of carboxylic acid groups (broad SMARTS) is 1. The van der Waals surface area contributed by atoms with Gasteiger partial charge in [0.1, 0.15) is 12.0 Å². The molecule has 16 heavy (non-hydrogen) atoms. The second-order valence-electron chi connectivity index (χ2n) is 3.55. The number of aldehydes is 1. The first-order valence-electron chi connectivity index (χ1n) is 5.05. The van der Waals surface area contributed by atoms with Crippen LogP contribution in [0.2, 0.25) is 0 Å². The molecule has 4 nitrogen and oxygen atoms in total. The van der Waals surface area contributed by atoms with Crippen LogP contribution in [0.15, 0.2) is 24.3 Å². The normalized spacial score (nSPS) is 11.8. The lowest BCUT2D eigenvalue weighted by molar-refractivity contribution is -0.137. The molecule has 1 aromatic rings. The summed E-state index contributed by atoms with van der Waals surface area (Å²) in [6, 6.07) is 6.78. The van der Waals surface area contributed by atoms with Crippen LogP contribution in [0.1, 0.15) is 30.1 Å². The zero-order valence-corrected chi connectivity index (χ0v) is 9.05. The Morgan fingerprint density at radius 1 is 1.56 bits per heavy atom. The molecule has 0 bridgehead atoms. The Kier molecular flexibility index (Phi) is 4.51. The molecule has 0 heterocycles. The molecule has 0 saturated heterocycles. The minimum Gasteiger partial charge on any atom is -0.491 e. The van der Waals surface area contributed by atoms with E-state index in [0.29, 0.717) is 17.7 Å². The molecular weight excluding hydrogens is 208 g/mol. The van der Waals surface area contributed by atoms with E-state index in [1.807, 2.05) is 0 Å². The maximum atomic E-state index is 10.5. The van der Waals surface area contributed by atoms with E-state index >= 15 is 0 Å². The lowest BCUT2D eigenvalue weighted by Crippen LogP contribution is -2.13. The first-order valence-corrected chi connectivity index (χ1v) is 5.05. The predicted octanol–water partition coefficient (Wildman–Crippen LogP) is 2.13. The Bertz CT molecular complexity index is 373. The molecule has 0 aromatic heterocycles. The first kappa shape index (κ1) is 12.2. The van der Waals surface area contributed by atoms with E-state index in [1.165, 1.54) is 0 Å². The highest BCUT2D eigenvalue weighted by Gasteiger charge is 2.07. The molecule has 1 aromatic carbocycles. The molecular formula is C12H14O4. The first-order chi connectivity index (χ1) is 7.61. The summed E-state index contributed by atoms with van der Waals surface area (Å²) < 4.78 is 5.48. The highest BCUT2D eigenvalue weighted by molar-refractivity contribution is 5.75. The van der Waals surface area contributed by atoms with Crippen molar-refractivity contribution in [2.45, 2.75) is 25.9 Å². The SMILES string of the molecule is CC(CCC(=O)O)Oc1cccc(C=O)c1. The summed E-state index contributed by atoms with van der Waals surface area (Å²) in [5.41, 5.74) is 0.544. The van der Waals surface area contributed by atoms with Crippen molar-refractivity contribution < 1.29 is 19.4 Å². The molecule has 0 aliphatic carbocycles. The van der Waals surface area contributed by atoms with E-state index in [9.17, 15) is 9.59 Å². The van der Waals surface area contributed by atoms with Crippen LogP contribution in [0.5, 0.6) is 5.75 Å². The van der Waals surface area contributed by atoms with Gasteiger partial charge in [-0.15, -0.1) is 0 Å². The lowest BCUT2D eigenvalue weighted by Gasteiger charge is -2.13. The fraction of sp³-hybridized carbons (Fsp3) is 0.333. The minimum absolute atomic E-state index is 0.0779. The molecule has 86 valence electrons. The number of hydrogen-bond donors (Lipinski definition) is 1. The number of ether oxygens (including phenoxy) is 1. The van der Waals surface area contributed by atoms with Gasteiger partial charge in [-0.25, -0.2) is 0 Å². The highest BCUT2D eigenvalue weighted by Crippen LogP contribution is 2.15. The molecule has 0 aliphatic rings. The van der Waals surface area contributed by atoms with Gasteiger partial charge in [-0.1, -0.05) is 12.1 Å². The van der Waals surface area contributed by atoms with Crippen LogP contribution < -0.4 is 4.74 Å².